The topological polar surface area (TPSA) is 70.9 Å². The van der Waals surface area contributed by atoms with E-state index in [-0.39, 0.29) is 6.04 Å². The maximum absolute atomic E-state index is 9.99. The van der Waals surface area contributed by atoms with Crippen LogP contribution in [0.2, 0.25) is 5.02 Å². The van der Waals surface area contributed by atoms with Crippen LogP contribution in [0.25, 0.3) is 22.0 Å². The largest absolute Gasteiger partial charge is 0.382 e. The molecule has 0 unspecified atom stereocenters. The third-order valence-corrected chi connectivity index (χ3v) is 4.07. The number of anilines is 1. The molecule has 0 bridgehead atoms. The van der Waals surface area contributed by atoms with Crippen LogP contribution in [0.1, 0.15) is 33.5 Å². The lowest BCUT2D eigenvalue weighted by atomic mass is 10.0. The predicted molar refractivity (Wildman–Crippen MR) is 102 cm³/mol. The monoisotopic (exact) mass is 356 g/mol. The quantitative estimate of drug-likeness (QED) is 0.725. The number of nitrogens with one attached hydrogen (secondary N) is 1. The first-order valence-corrected chi connectivity index (χ1v) is 8.53. The molecule has 6 heteroatoms. The average molecular weight is 357 g/mol. The van der Waals surface area contributed by atoms with Gasteiger partial charge < -0.3 is 10.4 Å². The van der Waals surface area contributed by atoms with Gasteiger partial charge in [-0.1, -0.05) is 17.7 Å². The van der Waals surface area contributed by atoms with Crippen molar-refractivity contribution in [3.8, 4) is 11.1 Å². The van der Waals surface area contributed by atoms with Gasteiger partial charge >= 0.3 is 0 Å². The van der Waals surface area contributed by atoms with Gasteiger partial charge in [-0.15, -0.1) is 0 Å². The van der Waals surface area contributed by atoms with Crippen molar-refractivity contribution < 1.29 is 5.11 Å². The van der Waals surface area contributed by atoms with E-state index < -0.39 is 5.60 Å². The summed E-state index contributed by atoms with van der Waals surface area (Å²) in [5.74, 6) is 0.393. The fourth-order valence-corrected chi connectivity index (χ4v) is 2.78. The van der Waals surface area contributed by atoms with E-state index >= 15 is 0 Å². The van der Waals surface area contributed by atoms with E-state index in [0.717, 1.165) is 27.7 Å². The fraction of sp³-hybridized carbons (Fsp3) is 0.316. The van der Waals surface area contributed by atoms with E-state index in [4.69, 9.17) is 11.6 Å². The van der Waals surface area contributed by atoms with Gasteiger partial charge in [-0.3, -0.25) is 4.98 Å². The van der Waals surface area contributed by atoms with E-state index in [2.05, 4.69) is 34.1 Å². The molecule has 0 fully saturated rings. The minimum atomic E-state index is -1.06. The van der Waals surface area contributed by atoms with Crippen LogP contribution in [0.5, 0.6) is 0 Å². The van der Waals surface area contributed by atoms with E-state index in [1.807, 2.05) is 18.2 Å². The molecule has 0 aliphatic heterocycles. The molecule has 2 aromatic heterocycles. The molecule has 1 aromatic carbocycles. The summed E-state index contributed by atoms with van der Waals surface area (Å²) in [6, 6.07) is 6.21. The minimum Gasteiger partial charge on any atom is -0.382 e. The second-order valence-corrected chi connectivity index (χ2v) is 7.27. The number of aliphatic hydroxyl groups is 1. The van der Waals surface area contributed by atoms with Crippen molar-refractivity contribution in [1.29, 1.82) is 0 Å². The zero-order valence-electron chi connectivity index (χ0n) is 14.7. The van der Waals surface area contributed by atoms with Crippen LogP contribution < -0.4 is 5.32 Å². The highest BCUT2D eigenvalue weighted by molar-refractivity contribution is 6.34. The Kier molecular flexibility index (Phi) is 4.62. The van der Waals surface area contributed by atoms with Gasteiger partial charge in [0, 0.05) is 35.6 Å². The third kappa shape index (κ3) is 3.72. The number of hydrogen-bond acceptors (Lipinski definition) is 5. The van der Waals surface area contributed by atoms with Crippen molar-refractivity contribution in [1.82, 2.24) is 15.0 Å². The molecule has 130 valence electrons. The van der Waals surface area contributed by atoms with Gasteiger partial charge in [0.1, 0.15) is 5.60 Å². The summed E-state index contributed by atoms with van der Waals surface area (Å²) < 4.78 is 0. The van der Waals surface area contributed by atoms with Crippen LogP contribution >= 0.6 is 11.6 Å². The van der Waals surface area contributed by atoms with E-state index in [1.54, 1.807) is 32.4 Å². The summed E-state index contributed by atoms with van der Waals surface area (Å²) in [4.78, 5) is 12.9. The van der Waals surface area contributed by atoms with Crippen molar-refractivity contribution in [2.75, 3.05) is 5.32 Å². The second-order valence-electron chi connectivity index (χ2n) is 6.87. The molecule has 0 atom stereocenters. The van der Waals surface area contributed by atoms with Crippen molar-refractivity contribution in [2.45, 2.75) is 39.3 Å². The molecule has 2 heterocycles. The molecule has 25 heavy (non-hydrogen) atoms. The first-order valence-electron chi connectivity index (χ1n) is 8.16. The molecule has 0 spiro atoms. The molecule has 0 saturated heterocycles. The number of benzene rings is 1. The minimum absolute atomic E-state index is 0.251. The van der Waals surface area contributed by atoms with Crippen molar-refractivity contribution >= 4 is 28.2 Å². The lowest BCUT2D eigenvalue weighted by Gasteiger charge is -2.16. The van der Waals surface area contributed by atoms with Gasteiger partial charge in [-0.05, 0) is 45.4 Å². The molecule has 0 radical (unpaired) electrons. The van der Waals surface area contributed by atoms with E-state index in [1.165, 1.54) is 0 Å². The molecule has 0 amide bonds. The molecule has 2 N–H and O–H groups in total. The van der Waals surface area contributed by atoms with Crippen molar-refractivity contribution in [2.24, 2.45) is 0 Å². The average Bonchev–Trinajstić information content (AvgIpc) is 2.56. The number of hydrogen-bond donors (Lipinski definition) is 2. The Balaban J connectivity index is 2.08. The highest BCUT2D eigenvalue weighted by Gasteiger charge is 2.19. The Morgan fingerprint density at radius 1 is 1.04 bits per heavy atom. The van der Waals surface area contributed by atoms with E-state index in [0.29, 0.717) is 10.8 Å². The van der Waals surface area contributed by atoms with Gasteiger partial charge in [-0.25, -0.2) is 9.97 Å². The highest BCUT2D eigenvalue weighted by Crippen LogP contribution is 2.33. The van der Waals surface area contributed by atoms with Crippen LogP contribution in [0.15, 0.2) is 36.8 Å². The van der Waals surface area contributed by atoms with Crippen LogP contribution in [-0.2, 0) is 5.60 Å². The van der Waals surface area contributed by atoms with Crippen LogP contribution in [0.3, 0.4) is 0 Å². The second kappa shape index (κ2) is 6.58. The molecular formula is C19H21ClN4O. The SMILES string of the molecule is CC(C)Nc1c(Cl)cnc2ccc(-c3cnc(C(C)(C)O)nc3)cc12. The Morgan fingerprint density at radius 2 is 1.72 bits per heavy atom. The summed E-state index contributed by atoms with van der Waals surface area (Å²) in [6.45, 7) is 7.45. The standard InChI is InChI=1S/C19H21ClN4O/c1-11(2)24-17-14-7-12(5-6-16(14)21-10-15(17)20)13-8-22-18(23-9-13)19(3,4)25/h5-11,25H,1-4H3,(H,21,24). The zero-order chi connectivity index (χ0) is 18.2. The van der Waals surface area contributed by atoms with Crippen molar-refractivity contribution in [3.05, 3.63) is 47.6 Å². The van der Waals surface area contributed by atoms with Crippen LogP contribution in [0, 0.1) is 0 Å². The molecule has 5 nitrogen and oxygen atoms in total. The maximum Gasteiger partial charge on any atom is 0.159 e. The first kappa shape index (κ1) is 17.6. The molecule has 3 aromatic rings. The zero-order valence-corrected chi connectivity index (χ0v) is 15.5. The number of halogens is 1. The number of aromatic nitrogens is 3. The number of rotatable bonds is 4. The summed E-state index contributed by atoms with van der Waals surface area (Å²) in [5.41, 5.74) is 2.51. The predicted octanol–water partition coefficient (Wildman–Crippen LogP) is 4.39. The van der Waals surface area contributed by atoms with Gasteiger partial charge in [-0.2, -0.15) is 0 Å². The summed E-state index contributed by atoms with van der Waals surface area (Å²) in [5, 5.41) is 14.9. The molecule has 0 saturated carbocycles. The lowest BCUT2D eigenvalue weighted by molar-refractivity contribution is 0.0687. The van der Waals surface area contributed by atoms with Gasteiger partial charge in [0.25, 0.3) is 0 Å². The van der Waals surface area contributed by atoms with Crippen molar-refractivity contribution in [3.63, 3.8) is 0 Å². The van der Waals surface area contributed by atoms with Crippen LogP contribution in [0.4, 0.5) is 5.69 Å². The normalized spacial score (nSPS) is 12.0. The van der Waals surface area contributed by atoms with E-state index in [9.17, 15) is 5.11 Å². The lowest BCUT2D eigenvalue weighted by Crippen LogP contribution is -2.19. The Hall–Kier alpha value is -2.24. The Bertz CT molecular complexity index is 902. The molecule has 0 aliphatic rings. The van der Waals surface area contributed by atoms with Crippen LogP contribution in [-0.4, -0.2) is 26.1 Å². The molecular weight excluding hydrogens is 336 g/mol. The van der Waals surface area contributed by atoms with Gasteiger partial charge in [0.2, 0.25) is 0 Å². The number of pyridine rings is 1. The summed E-state index contributed by atoms with van der Waals surface area (Å²) in [7, 11) is 0. The summed E-state index contributed by atoms with van der Waals surface area (Å²) >= 11 is 6.34. The van der Waals surface area contributed by atoms with Gasteiger partial charge in [0.15, 0.2) is 5.82 Å². The smallest absolute Gasteiger partial charge is 0.159 e. The molecule has 3 rings (SSSR count). The first-order chi connectivity index (χ1) is 11.8. The fourth-order valence-electron chi connectivity index (χ4n) is 2.58. The number of fused-ring (bicyclic) bond motifs is 1. The molecule has 0 aliphatic carbocycles. The number of nitrogens with zero attached hydrogens (tertiary/aromatic N) is 3. The maximum atomic E-state index is 9.99. The third-order valence-electron chi connectivity index (χ3n) is 3.79. The summed E-state index contributed by atoms with van der Waals surface area (Å²) in [6.07, 6.45) is 5.10. The van der Waals surface area contributed by atoms with Gasteiger partial charge in [0.05, 0.1) is 16.2 Å². The Morgan fingerprint density at radius 3 is 2.32 bits per heavy atom. The Labute approximate surface area is 152 Å². The highest BCUT2D eigenvalue weighted by atomic mass is 35.5.